The van der Waals surface area contributed by atoms with Gasteiger partial charge in [-0.1, -0.05) is 18.2 Å². The van der Waals surface area contributed by atoms with Crippen molar-refractivity contribution in [2.75, 3.05) is 18.8 Å². The van der Waals surface area contributed by atoms with Crippen LogP contribution in [0.25, 0.3) is 0 Å². The fraction of sp³-hybridized carbons (Fsp3) is 0.467. The molecule has 0 radical (unpaired) electrons. The average molecular weight is 294 g/mol. The van der Waals surface area contributed by atoms with Crippen molar-refractivity contribution in [3.8, 4) is 0 Å². The molecule has 2 N–H and O–H groups in total. The number of rotatable bonds is 6. The molecule has 0 amide bonds. The van der Waals surface area contributed by atoms with Gasteiger partial charge in [-0.3, -0.25) is 0 Å². The smallest absolute Gasteiger partial charge is 0.220 e. The van der Waals surface area contributed by atoms with Gasteiger partial charge in [0.15, 0.2) is 0 Å². The van der Waals surface area contributed by atoms with Crippen molar-refractivity contribution in [3.63, 3.8) is 0 Å². The van der Waals surface area contributed by atoms with E-state index in [4.69, 9.17) is 5.73 Å². The van der Waals surface area contributed by atoms with E-state index in [1.165, 1.54) is 0 Å². The van der Waals surface area contributed by atoms with Crippen LogP contribution in [-0.2, 0) is 16.4 Å². The van der Waals surface area contributed by atoms with Crippen LogP contribution in [0.3, 0.4) is 0 Å². The summed E-state index contributed by atoms with van der Waals surface area (Å²) < 4.78 is 26.5. The van der Waals surface area contributed by atoms with E-state index in [0.717, 1.165) is 24.1 Å². The molecule has 0 bridgehead atoms. The van der Waals surface area contributed by atoms with E-state index in [0.29, 0.717) is 25.9 Å². The van der Waals surface area contributed by atoms with Gasteiger partial charge in [0.25, 0.3) is 0 Å². The molecule has 1 aliphatic heterocycles. The third-order valence-corrected chi connectivity index (χ3v) is 6.05. The lowest BCUT2D eigenvalue weighted by atomic mass is 10.1. The molecule has 1 fully saturated rings. The number of hydrogen-bond donors (Lipinski definition) is 1. The van der Waals surface area contributed by atoms with Gasteiger partial charge in [0.05, 0.1) is 5.25 Å². The minimum absolute atomic E-state index is 0.502. The van der Waals surface area contributed by atoms with E-state index in [1.54, 1.807) is 10.4 Å². The van der Waals surface area contributed by atoms with Crippen molar-refractivity contribution < 1.29 is 8.42 Å². The summed E-state index contributed by atoms with van der Waals surface area (Å²) in [5.41, 5.74) is 7.46. The highest BCUT2D eigenvalue weighted by atomic mass is 32.2. The van der Waals surface area contributed by atoms with Crippen molar-refractivity contribution in [2.45, 2.75) is 30.9 Å². The van der Waals surface area contributed by atoms with Gasteiger partial charge < -0.3 is 5.73 Å². The Morgan fingerprint density at radius 1 is 1.25 bits per heavy atom. The fourth-order valence-electron chi connectivity index (χ4n) is 2.52. The van der Waals surface area contributed by atoms with Gasteiger partial charge in [0, 0.05) is 18.8 Å². The van der Waals surface area contributed by atoms with Gasteiger partial charge in [0.1, 0.15) is 0 Å². The van der Waals surface area contributed by atoms with Crippen LogP contribution < -0.4 is 5.73 Å². The third kappa shape index (κ3) is 3.41. The van der Waals surface area contributed by atoms with Crippen LogP contribution in [0, 0.1) is 0 Å². The highest BCUT2D eigenvalue weighted by Crippen LogP contribution is 2.21. The Morgan fingerprint density at radius 3 is 2.40 bits per heavy atom. The summed E-state index contributed by atoms with van der Waals surface area (Å²) in [5.74, 6) is 0. The molecule has 20 heavy (non-hydrogen) atoms. The van der Waals surface area contributed by atoms with Crippen LogP contribution in [0.1, 0.15) is 24.8 Å². The molecule has 1 aromatic rings. The fourth-order valence-corrected chi connectivity index (χ4v) is 4.32. The van der Waals surface area contributed by atoms with Crippen LogP contribution in [0.15, 0.2) is 36.9 Å². The first-order chi connectivity index (χ1) is 9.54. The molecule has 2 rings (SSSR count). The Kier molecular flexibility index (Phi) is 4.83. The molecular formula is C15H22N2O2S. The molecule has 0 aromatic heterocycles. The van der Waals surface area contributed by atoms with E-state index in [1.807, 2.05) is 24.3 Å². The minimum Gasteiger partial charge on any atom is -0.399 e. The molecule has 110 valence electrons. The van der Waals surface area contributed by atoms with Crippen molar-refractivity contribution in [1.29, 1.82) is 0 Å². The van der Waals surface area contributed by atoms with Gasteiger partial charge >= 0.3 is 0 Å². The van der Waals surface area contributed by atoms with Crippen LogP contribution in [0.4, 0.5) is 5.69 Å². The van der Waals surface area contributed by atoms with Crippen molar-refractivity contribution >= 4 is 15.7 Å². The molecule has 1 aliphatic rings. The first-order valence-electron chi connectivity index (χ1n) is 7.00. The van der Waals surface area contributed by atoms with Gasteiger partial charge in [-0.2, -0.15) is 0 Å². The first-order valence-corrected chi connectivity index (χ1v) is 8.50. The van der Waals surface area contributed by atoms with Crippen LogP contribution in [-0.4, -0.2) is 31.1 Å². The number of aryl methyl sites for hydroxylation is 1. The van der Waals surface area contributed by atoms with Gasteiger partial charge in [-0.15, -0.1) is 6.58 Å². The molecule has 4 nitrogen and oxygen atoms in total. The topological polar surface area (TPSA) is 63.4 Å². The lowest BCUT2D eigenvalue weighted by Crippen LogP contribution is -2.36. The summed E-state index contributed by atoms with van der Waals surface area (Å²) in [5, 5.41) is -0.502. The Morgan fingerprint density at radius 2 is 1.85 bits per heavy atom. The number of anilines is 1. The quantitative estimate of drug-likeness (QED) is 0.646. The van der Waals surface area contributed by atoms with Crippen molar-refractivity contribution in [2.24, 2.45) is 0 Å². The van der Waals surface area contributed by atoms with Crippen LogP contribution >= 0.6 is 0 Å². The van der Waals surface area contributed by atoms with E-state index in [2.05, 4.69) is 6.58 Å². The van der Waals surface area contributed by atoms with Gasteiger partial charge in [0.2, 0.25) is 10.0 Å². The lowest BCUT2D eigenvalue weighted by Gasteiger charge is -2.21. The second kappa shape index (κ2) is 6.41. The maximum atomic E-state index is 12.5. The summed E-state index contributed by atoms with van der Waals surface area (Å²) in [6, 6.07) is 7.57. The summed E-state index contributed by atoms with van der Waals surface area (Å²) in [6.45, 7) is 4.99. The van der Waals surface area contributed by atoms with Crippen LogP contribution in [0.2, 0.25) is 0 Å². The second-order valence-electron chi connectivity index (χ2n) is 5.21. The average Bonchev–Trinajstić information content (AvgIpc) is 2.96. The Labute approximate surface area is 121 Å². The number of nitrogen functional groups attached to an aromatic ring is 1. The van der Waals surface area contributed by atoms with Crippen molar-refractivity contribution in [1.82, 2.24) is 4.31 Å². The molecule has 1 unspecified atom stereocenters. The van der Waals surface area contributed by atoms with E-state index in [-0.39, 0.29) is 0 Å². The molecule has 1 saturated heterocycles. The molecule has 5 heteroatoms. The standard InChI is InChI=1S/C15H22N2O2S/c1-2-15(20(18,19)17-11-3-4-12-17)10-7-13-5-8-14(16)9-6-13/h2,5-6,8-9,15H,1,3-4,7,10-12,16H2. The van der Waals surface area contributed by atoms with E-state index < -0.39 is 15.3 Å². The van der Waals surface area contributed by atoms with Gasteiger partial charge in [-0.05, 0) is 43.4 Å². The molecule has 0 spiro atoms. The highest BCUT2D eigenvalue weighted by molar-refractivity contribution is 7.89. The van der Waals surface area contributed by atoms with E-state index >= 15 is 0 Å². The maximum absolute atomic E-state index is 12.5. The predicted molar refractivity (Wildman–Crippen MR) is 82.9 cm³/mol. The summed E-state index contributed by atoms with van der Waals surface area (Å²) in [4.78, 5) is 0. The molecule has 0 saturated carbocycles. The number of hydrogen-bond acceptors (Lipinski definition) is 3. The first kappa shape index (κ1) is 15.1. The second-order valence-corrected chi connectivity index (χ2v) is 7.36. The Hall–Kier alpha value is -1.33. The largest absolute Gasteiger partial charge is 0.399 e. The molecular weight excluding hydrogens is 272 g/mol. The molecule has 1 heterocycles. The molecule has 0 aliphatic carbocycles. The highest BCUT2D eigenvalue weighted by Gasteiger charge is 2.31. The zero-order chi connectivity index (χ0) is 14.6. The molecule has 1 atom stereocenters. The summed E-state index contributed by atoms with van der Waals surface area (Å²) >= 11 is 0. The maximum Gasteiger partial charge on any atom is 0.220 e. The number of nitrogens with zero attached hydrogens (tertiary/aromatic N) is 1. The zero-order valence-electron chi connectivity index (χ0n) is 11.7. The number of nitrogens with two attached hydrogens (primary N) is 1. The Balaban J connectivity index is 2.01. The summed E-state index contributed by atoms with van der Waals surface area (Å²) in [6.07, 6.45) is 4.75. The lowest BCUT2D eigenvalue weighted by molar-refractivity contribution is 0.468. The normalized spacial score (nSPS) is 18.0. The minimum atomic E-state index is -3.24. The van der Waals surface area contributed by atoms with Gasteiger partial charge in [-0.25, -0.2) is 12.7 Å². The Bertz CT molecular complexity index is 546. The number of sulfonamides is 1. The van der Waals surface area contributed by atoms with Crippen molar-refractivity contribution in [3.05, 3.63) is 42.5 Å². The molecule has 1 aromatic carbocycles. The van der Waals surface area contributed by atoms with Crippen LogP contribution in [0.5, 0.6) is 0 Å². The monoisotopic (exact) mass is 294 g/mol. The summed E-state index contributed by atoms with van der Waals surface area (Å²) in [7, 11) is -3.24. The SMILES string of the molecule is C=CC(CCc1ccc(N)cc1)S(=O)(=O)N1CCCC1. The number of benzene rings is 1. The van der Waals surface area contributed by atoms with E-state index in [9.17, 15) is 8.42 Å². The zero-order valence-corrected chi connectivity index (χ0v) is 12.5. The predicted octanol–water partition coefficient (Wildman–Crippen LogP) is 2.18. The third-order valence-electron chi connectivity index (χ3n) is 3.77.